The number of rotatable bonds is 8. The number of benzene rings is 2. The summed E-state index contributed by atoms with van der Waals surface area (Å²) in [6.07, 6.45) is 2.31. The molecule has 32 heavy (non-hydrogen) atoms. The zero-order valence-corrected chi connectivity index (χ0v) is 19.3. The molecule has 8 nitrogen and oxygen atoms in total. The van der Waals surface area contributed by atoms with Crippen molar-refractivity contribution in [3.05, 3.63) is 46.9 Å². The number of methoxy groups -OCH3 is 3. The van der Waals surface area contributed by atoms with Gasteiger partial charge in [0.05, 0.1) is 33.6 Å². The van der Waals surface area contributed by atoms with Gasteiger partial charge >= 0.3 is 5.97 Å². The van der Waals surface area contributed by atoms with Crippen LogP contribution in [0.15, 0.2) is 41.3 Å². The maximum atomic E-state index is 12.4. The molecule has 0 spiro atoms. The summed E-state index contributed by atoms with van der Waals surface area (Å²) in [7, 11) is 0.665. The van der Waals surface area contributed by atoms with E-state index >= 15 is 0 Å². The van der Waals surface area contributed by atoms with Crippen LogP contribution in [-0.2, 0) is 19.4 Å². The van der Waals surface area contributed by atoms with Crippen LogP contribution in [0.2, 0.25) is 0 Å². The fourth-order valence-corrected chi connectivity index (χ4v) is 4.11. The van der Waals surface area contributed by atoms with Gasteiger partial charge in [0.1, 0.15) is 0 Å². The molecule has 0 amide bonds. The topological polar surface area (TPSA) is 104 Å². The first-order valence-corrected chi connectivity index (χ1v) is 11.6. The van der Waals surface area contributed by atoms with Crippen LogP contribution < -0.4 is 14.2 Å². The first-order valence-electron chi connectivity index (χ1n) is 9.75. The smallest absolute Gasteiger partial charge is 0.349 e. The number of esters is 1. The number of hydrogen-bond acceptors (Lipinski definition) is 7. The number of sulfone groups is 1. The van der Waals surface area contributed by atoms with E-state index in [0.29, 0.717) is 34.1 Å². The van der Waals surface area contributed by atoms with Crippen LogP contribution in [0.5, 0.6) is 17.2 Å². The van der Waals surface area contributed by atoms with E-state index in [0.717, 1.165) is 17.2 Å². The maximum absolute atomic E-state index is 12.4. The van der Waals surface area contributed by atoms with Crippen LogP contribution in [-0.4, -0.2) is 53.6 Å². The predicted molar refractivity (Wildman–Crippen MR) is 123 cm³/mol. The highest BCUT2D eigenvalue weighted by atomic mass is 32.2. The number of hydrogen-bond donors (Lipinski definition) is 1. The van der Waals surface area contributed by atoms with Crippen molar-refractivity contribution in [2.24, 2.45) is 0 Å². The molecule has 0 atom stereocenters. The van der Waals surface area contributed by atoms with Crippen LogP contribution in [0, 0.1) is 0 Å². The Labute approximate surface area is 186 Å². The highest BCUT2D eigenvalue weighted by molar-refractivity contribution is 7.95. The van der Waals surface area contributed by atoms with Gasteiger partial charge in [-0.05, 0) is 31.2 Å². The first-order chi connectivity index (χ1) is 15.2. The Bertz CT molecular complexity index is 1260. The third kappa shape index (κ3) is 4.43. The van der Waals surface area contributed by atoms with E-state index in [4.69, 9.17) is 18.9 Å². The minimum absolute atomic E-state index is 0.0549. The van der Waals surface area contributed by atoms with Gasteiger partial charge in [-0.1, -0.05) is 18.2 Å². The van der Waals surface area contributed by atoms with Gasteiger partial charge < -0.3 is 23.9 Å². The summed E-state index contributed by atoms with van der Waals surface area (Å²) < 4.78 is 46.1. The fraction of sp³-hybridized carbons (Fsp3) is 0.261. The summed E-state index contributed by atoms with van der Waals surface area (Å²) in [6.45, 7) is 1.67. The number of carbonyl (C=O) groups is 1. The normalized spacial score (nSPS) is 12.0. The zero-order chi connectivity index (χ0) is 23.5. The lowest BCUT2D eigenvalue weighted by Crippen LogP contribution is -2.15. The molecule has 1 heterocycles. The summed E-state index contributed by atoms with van der Waals surface area (Å²) in [5.74, 6) is 0.389. The number of para-hydroxylation sites is 1. The number of fused-ring (bicyclic) bond motifs is 1. The zero-order valence-electron chi connectivity index (χ0n) is 18.5. The largest absolute Gasteiger partial charge is 0.493 e. The van der Waals surface area contributed by atoms with Crippen molar-refractivity contribution in [3.63, 3.8) is 0 Å². The molecule has 2 aromatic carbocycles. The Morgan fingerprint density at radius 2 is 1.66 bits per heavy atom. The third-order valence-electron chi connectivity index (χ3n) is 4.85. The predicted octanol–water partition coefficient (Wildman–Crippen LogP) is 3.81. The third-order valence-corrected chi connectivity index (χ3v) is 5.93. The molecule has 9 heteroatoms. The molecule has 0 bridgehead atoms. The summed E-state index contributed by atoms with van der Waals surface area (Å²) in [4.78, 5) is 15.3. The number of aromatic amines is 1. The highest BCUT2D eigenvalue weighted by Gasteiger charge is 2.25. The molecule has 0 aliphatic carbocycles. The van der Waals surface area contributed by atoms with Crippen LogP contribution in [0.4, 0.5) is 0 Å². The summed E-state index contributed by atoms with van der Waals surface area (Å²) in [5.41, 5.74) is 2.51. The Morgan fingerprint density at radius 1 is 1.03 bits per heavy atom. The molecule has 1 N–H and O–H groups in total. The number of H-pyrrole nitrogens is 1. The van der Waals surface area contributed by atoms with Crippen LogP contribution >= 0.6 is 0 Å². The van der Waals surface area contributed by atoms with Crippen LogP contribution in [0.3, 0.4) is 0 Å². The molecule has 0 aliphatic rings. The second-order valence-electron chi connectivity index (χ2n) is 6.87. The van der Waals surface area contributed by atoms with Crippen molar-refractivity contribution in [2.45, 2.75) is 6.92 Å². The van der Waals surface area contributed by atoms with Crippen molar-refractivity contribution in [1.29, 1.82) is 0 Å². The van der Waals surface area contributed by atoms with E-state index in [-0.39, 0.29) is 6.61 Å². The van der Waals surface area contributed by atoms with Crippen molar-refractivity contribution in [3.8, 4) is 28.5 Å². The van der Waals surface area contributed by atoms with Gasteiger partial charge in [0, 0.05) is 28.3 Å². The van der Waals surface area contributed by atoms with Crippen molar-refractivity contribution < 1.29 is 32.2 Å². The number of ether oxygens (including phenoxy) is 4. The fourth-order valence-electron chi connectivity index (χ4n) is 3.42. The highest BCUT2D eigenvalue weighted by Crippen LogP contribution is 2.43. The molecule has 0 saturated heterocycles. The van der Waals surface area contributed by atoms with Gasteiger partial charge in [0.15, 0.2) is 26.2 Å². The van der Waals surface area contributed by atoms with Crippen LogP contribution in [0.1, 0.15) is 12.5 Å². The molecule has 0 radical (unpaired) electrons. The Morgan fingerprint density at radius 3 is 2.19 bits per heavy atom. The van der Waals surface area contributed by atoms with Gasteiger partial charge in [-0.25, -0.2) is 13.2 Å². The van der Waals surface area contributed by atoms with Crippen LogP contribution in [0.25, 0.3) is 28.2 Å². The molecule has 3 rings (SSSR count). The average molecular weight is 460 g/mol. The molecule has 0 unspecified atom stereocenters. The molecule has 0 aliphatic heterocycles. The molecular formula is C23H25NO7S. The second kappa shape index (κ2) is 9.35. The molecule has 0 saturated carbocycles. The second-order valence-corrected chi connectivity index (χ2v) is 8.86. The number of nitrogens with one attached hydrogen (secondary N) is 1. The van der Waals surface area contributed by atoms with E-state index in [9.17, 15) is 13.2 Å². The molecule has 3 aromatic rings. The Kier molecular flexibility index (Phi) is 6.78. The molecule has 1 aromatic heterocycles. The van der Waals surface area contributed by atoms with E-state index in [1.54, 1.807) is 19.1 Å². The maximum Gasteiger partial charge on any atom is 0.349 e. The summed E-state index contributed by atoms with van der Waals surface area (Å²) in [6, 6.07) is 10.9. The molecule has 0 fully saturated rings. The lowest BCUT2D eigenvalue weighted by Gasteiger charge is -2.14. The average Bonchev–Trinajstić information content (AvgIpc) is 3.14. The van der Waals surface area contributed by atoms with Crippen molar-refractivity contribution >= 4 is 32.8 Å². The SMILES string of the molecule is CCOC(=O)/C(=C\c1c(-c2cc(OC)c(OC)c(OC)c2)[nH]c2ccccc12)S(C)(=O)=O. The van der Waals surface area contributed by atoms with Crippen molar-refractivity contribution in [2.75, 3.05) is 34.2 Å². The van der Waals surface area contributed by atoms with E-state index in [1.165, 1.54) is 27.4 Å². The quantitative estimate of drug-likeness (QED) is 0.403. The van der Waals surface area contributed by atoms with Gasteiger partial charge in [-0.2, -0.15) is 0 Å². The lowest BCUT2D eigenvalue weighted by atomic mass is 10.0. The minimum atomic E-state index is -3.86. The monoisotopic (exact) mass is 459 g/mol. The van der Waals surface area contributed by atoms with E-state index in [2.05, 4.69) is 4.98 Å². The summed E-state index contributed by atoms with van der Waals surface area (Å²) in [5, 5.41) is 0.738. The number of aromatic nitrogens is 1. The van der Waals surface area contributed by atoms with Crippen molar-refractivity contribution in [1.82, 2.24) is 4.98 Å². The van der Waals surface area contributed by atoms with Gasteiger partial charge in [-0.3, -0.25) is 0 Å². The molecule has 170 valence electrons. The minimum Gasteiger partial charge on any atom is -0.493 e. The van der Waals surface area contributed by atoms with E-state index in [1.807, 2.05) is 24.3 Å². The number of carbonyl (C=O) groups excluding carboxylic acids is 1. The standard InChI is InChI=1S/C23H25NO7S/c1-6-31-23(25)20(32(5,26)27)13-16-15-9-7-8-10-17(15)24-21(16)14-11-18(28-2)22(30-4)19(12-14)29-3/h7-13,24H,6H2,1-5H3/b20-13+. The Balaban J connectivity index is 2.36. The van der Waals surface area contributed by atoms with Gasteiger partial charge in [0.25, 0.3) is 0 Å². The lowest BCUT2D eigenvalue weighted by molar-refractivity contribution is -0.137. The Hall–Kier alpha value is -3.46. The van der Waals surface area contributed by atoms with Gasteiger partial charge in [0.2, 0.25) is 5.75 Å². The first kappa shape index (κ1) is 23.2. The molecular weight excluding hydrogens is 434 g/mol. The van der Waals surface area contributed by atoms with E-state index < -0.39 is 20.7 Å². The van der Waals surface area contributed by atoms with Gasteiger partial charge in [-0.15, -0.1) is 0 Å². The summed E-state index contributed by atoms with van der Waals surface area (Å²) >= 11 is 0.